The van der Waals surface area contributed by atoms with E-state index in [2.05, 4.69) is 15.2 Å². The fourth-order valence-corrected chi connectivity index (χ4v) is 2.27. The molecule has 4 N–H and O–H groups in total. The highest BCUT2D eigenvalue weighted by Gasteiger charge is 2.12. The average Bonchev–Trinajstić information content (AvgIpc) is 2.90. The minimum absolute atomic E-state index is 0.123. The number of nitrogens with zero attached hydrogens (tertiary/aromatic N) is 1. The molecule has 1 aromatic heterocycles. The van der Waals surface area contributed by atoms with E-state index in [-0.39, 0.29) is 4.90 Å². The van der Waals surface area contributed by atoms with Crippen molar-refractivity contribution in [2.24, 2.45) is 0 Å². The zero-order chi connectivity index (χ0) is 13.9. The van der Waals surface area contributed by atoms with Crippen LogP contribution in [0.25, 0.3) is 0 Å². The van der Waals surface area contributed by atoms with Gasteiger partial charge in [-0.3, -0.25) is 0 Å². The lowest BCUT2D eigenvalue weighted by molar-refractivity contribution is 0.388. The first-order chi connectivity index (χ1) is 9.03. The molecule has 0 unspecified atom stereocenters. The number of nitrogens with one attached hydrogen (secondary N) is 2. The minimum Gasteiger partial charge on any atom is -0.397 e. The van der Waals surface area contributed by atoms with Gasteiger partial charge in [-0.25, -0.2) is 13.1 Å². The predicted molar refractivity (Wildman–Crippen MR) is 70.9 cm³/mol. The molecule has 0 saturated carbocycles. The topological polar surface area (TPSA) is 110 Å². The van der Waals surface area contributed by atoms with Crippen molar-refractivity contribution in [1.82, 2.24) is 9.88 Å². The second-order valence-corrected chi connectivity index (χ2v) is 5.68. The van der Waals surface area contributed by atoms with Gasteiger partial charge in [-0.05, 0) is 25.2 Å². The third-order valence-corrected chi connectivity index (χ3v) is 3.96. The lowest BCUT2D eigenvalue weighted by Crippen LogP contribution is -2.18. The number of aromatic nitrogens is 1. The highest BCUT2D eigenvalue weighted by Crippen LogP contribution is 2.22. The maximum atomic E-state index is 11.6. The molecule has 2 rings (SSSR count). The van der Waals surface area contributed by atoms with Gasteiger partial charge in [-0.2, -0.15) is 0 Å². The van der Waals surface area contributed by atoms with Crippen molar-refractivity contribution in [1.29, 1.82) is 0 Å². The van der Waals surface area contributed by atoms with E-state index in [0.717, 1.165) is 0 Å². The van der Waals surface area contributed by atoms with E-state index in [0.29, 0.717) is 23.7 Å². The number of anilines is 2. The summed E-state index contributed by atoms with van der Waals surface area (Å²) in [4.78, 5) is 0.123. The Kier molecular flexibility index (Phi) is 3.72. The van der Waals surface area contributed by atoms with E-state index in [1.54, 1.807) is 18.3 Å². The summed E-state index contributed by atoms with van der Waals surface area (Å²) in [6, 6.07) is 6.21. The van der Waals surface area contributed by atoms with E-state index in [9.17, 15) is 8.42 Å². The smallest absolute Gasteiger partial charge is 0.240 e. The monoisotopic (exact) mass is 282 g/mol. The van der Waals surface area contributed by atoms with Crippen molar-refractivity contribution < 1.29 is 12.9 Å². The Bertz CT molecular complexity index is 653. The summed E-state index contributed by atoms with van der Waals surface area (Å²) >= 11 is 0. The summed E-state index contributed by atoms with van der Waals surface area (Å²) in [6.07, 6.45) is 1.54. The second kappa shape index (κ2) is 5.29. The van der Waals surface area contributed by atoms with Crippen LogP contribution in [0.2, 0.25) is 0 Å². The Hall–Kier alpha value is -2.06. The molecule has 0 saturated heterocycles. The van der Waals surface area contributed by atoms with Crippen LogP contribution >= 0.6 is 0 Å². The summed E-state index contributed by atoms with van der Waals surface area (Å²) in [7, 11) is -2.13. The van der Waals surface area contributed by atoms with Crippen LogP contribution in [0.5, 0.6) is 0 Å². The van der Waals surface area contributed by atoms with Crippen LogP contribution < -0.4 is 15.8 Å². The van der Waals surface area contributed by atoms with Gasteiger partial charge in [0.05, 0.1) is 29.0 Å². The fraction of sp³-hybridized carbons (Fsp3) is 0.182. The Morgan fingerprint density at radius 1 is 1.37 bits per heavy atom. The molecule has 0 aliphatic heterocycles. The van der Waals surface area contributed by atoms with Gasteiger partial charge in [-0.15, -0.1) is 0 Å². The van der Waals surface area contributed by atoms with E-state index in [1.165, 1.54) is 19.2 Å². The molecule has 19 heavy (non-hydrogen) atoms. The van der Waals surface area contributed by atoms with Crippen molar-refractivity contribution in [3.63, 3.8) is 0 Å². The van der Waals surface area contributed by atoms with Crippen LogP contribution in [0, 0.1) is 0 Å². The molecule has 0 bridgehead atoms. The summed E-state index contributed by atoms with van der Waals surface area (Å²) in [5.74, 6) is 0.659. The zero-order valence-electron chi connectivity index (χ0n) is 10.3. The van der Waals surface area contributed by atoms with Crippen molar-refractivity contribution in [2.45, 2.75) is 11.4 Å². The van der Waals surface area contributed by atoms with Crippen molar-refractivity contribution in [3.8, 4) is 0 Å². The molecule has 7 nitrogen and oxygen atoms in total. The highest BCUT2D eigenvalue weighted by molar-refractivity contribution is 7.89. The Labute approximate surface area is 110 Å². The molecular weight excluding hydrogens is 268 g/mol. The zero-order valence-corrected chi connectivity index (χ0v) is 11.1. The van der Waals surface area contributed by atoms with Crippen LogP contribution in [0.3, 0.4) is 0 Å². The molecule has 0 radical (unpaired) electrons. The van der Waals surface area contributed by atoms with Gasteiger partial charge < -0.3 is 15.6 Å². The SMILES string of the molecule is CNS(=O)(=O)c1ccc(NCc2ccno2)c(N)c1. The first-order valence-electron chi connectivity index (χ1n) is 5.49. The van der Waals surface area contributed by atoms with Crippen LogP contribution in [0.1, 0.15) is 5.76 Å². The predicted octanol–water partition coefficient (Wildman–Crippen LogP) is 0.777. The van der Waals surface area contributed by atoms with Gasteiger partial charge in [-0.1, -0.05) is 5.16 Å². The van der Waals surface area contributed by atoms with Gasteiger partial charge in [0.25, 0.3) is 0 Å². The van der Waals surface area contributed by atoms with Crippen molar-refractivity contribution in [2.75, 3.05) is 18.1 Å². The van der Waals surface area contributed by atoms with Crippen LogP contribution in [0.15, 0.2) is 39.9 Å². The number of sulfonamides is 1. The summed E-state index contributed by atoms with van der Waals surface area (Å²) in [5.41, 5.74) is 6.79. The average molecular weight is 282 g/mol. The van der Waals surface area contributed by atoms with Crippen molar-refractivity contribution in [3.05, 3.63) is 36.2 Å². The molecule has 102 valence electrons. The maximum Gasteiger partial charge on any atom is 0.240 e. The number of hydrogen-bond donors (Lipinski definition) is 3. The maximum absolute atomic E-state index is 11.6. The molecule has 0 amide bonds. The van der Waals surface area contributed by atoms with Crippen LogP contribution in [0.4, 0.5) is 11.4 Å². The number of nitrogens with two attached hydrogens (primary N) is 1. The fourth-order valence-electron chi connectivity index (χ4n) is 1.50. The van der Waals surface area contributed by atoms with Crippen molar-refractivity contribution >= 4 is 21.4 Å². The highest BCUT2D eigenvalue weighted by atomic mass is 32.2. The summed E-state index contributed by atoms with van der Waals surface area (Å²) < 4.78 is 30.4. The Morgan fingerprint density at radius 2 is 2.16 bits per heavy atom. The third-order valence-electron chi connectivity index (χ3n) is 2.55. The van der Waals surface area contributed by atoms with Gasteiger partial charge >= 0.3 is 0 Å². The van der Waals surface area contributed by atoms with E-state index < -0.39 is 10.0 Å². The van der Waals surface area contributed by atoms with Gasteiger partial charge in [0.1, 0.15) is 0 Å². The second-order valence-electron chi connectivity index (χ2n) is 3.79. The Morgan fingerprint density at radius 3 is 2.74 bits per heavy atom. The molecule has 1 heterocycles. The standard InChI is InChI=1S/C11H14N4O3S/c1-13-19(16,17)9-2-3-11(10(12)6-9)14-7-8-4-5-15-18-8/h2-6,13-14H,7,12H2,1H3. The number of hydrogen-bond acceptors (Lipinski definition) is 6. The largest absolute Gasteiger partial charge is 0.397 e. The Balaban J connectivity index is 2.16. The number of benzene rings is 1. The van der Waals surface area contributed by atoms with Gasteiger partial charge in [0.2, 0.25) is 10.0 Å². The number of nitrogen functional groups attached to an aromatic ring is 1. The molecule has 2 aromatic rings. The number of rotatable bonds is 5. The lowest BCUT2D eigenvalue weighted by atomic mass is 10.2. The molecule has 0 aliphatic rings. The first-order valence-corrected chi connectivity index (χ1v) is 6.98. The quantitative estimate of drug-likeness (QED) is 0.699. The third kappa shape index (κ3) is 3.04. The summed E-state index contributed by atoms with van der Waals surface area (Å²) in [6.45, 7) is 0.419. The van der Waals surface area contributed by atoms with Crippen LogP contribution in [-0.4, -0.2) is 20.6 Å². The van der Waals surface area contributed by atoms with Gasteiger partial charge in [0.15, 0.2) is 5.76 Å². The molecule has 0 fully saturated rings. The van der Waals surface area contributed by atoms with Gasteiger partial charge in [0, 0.05) is 6.07 Å². The van der Waals surface area contributed by atoms with E-state index >= 15 is 0 Å². The molecule has 0 aliphatic carbocycles. The molecular formula is C11H14N4O3S. The van der Waals surface area contributed by atoms with E-state index in [4.69, 9.17) is 10.3 Å². The normalized spacial score (nSPS) is 11.4. The molecule has 8 heteroatoms. The lowest BCUT2D eigenvalue weighted by Gasteiger charge is -2.09. The molecule has 0 atom stereocenters. The molecule has 1 aromatic carbocycles. The molecule has 0 spiro atoms. The van der Waals surface area contributed by atoms with Crippen LogP contribution in [-0.2, 0) is 16.6 Å². The minimum atomic E-state index is -3.48. The summed E-state index contributed by atoms with van der Waals surface area (Å²) in [5, 5.41) is 6.62. The van der Waals surface area contributed by atoms with E-state index in [1.807, 2.05) is 0 Å². The first kappa shape index (κ1) is 13.4.